The fourth-order valence-electron chi connectivity index (χ4n) is 2.23. The molecule has 4 heteroatoms. The Hall–Kier alpha value is -1.86. The first kappa shape index (κ1) is 10.7. The van der Waals surface area contributed by atoms with E-state index in [1.54, 1.807) is 24.3 Å². The monoisotopic (exact) mass is 216 g/mol. The molecule has 0 bridgehead atoms. The first-order valence-corrected chi connectivity index (χ1v) is 5.08. The third kappa shape index (κ3) is 1.46. The molecule has 1 aliphatic carbocycles. The second-order valence-corrected chi connectivity index (χ2v) is 4.24. The number of benzene rings is 1. The zero-order valence-corrected chi connectivity index (χ0v) is 8.68. The van der Waals surface area contributed by atoms with Crippen LogP contribution < -0.4 is 5.73 Å². The molecule has 1 saturated carbocycles. The van der Waals surface area contributed by atoms with Crippen LogP contribution in [0.1, 0.15) is 24.0 Å². The number of carboxylic acid groups (broad SMARTS) is 1. The van der Waals surface area contributed by atoms with Crippen molar-refractivity contribution in [3.05, 3.63) is 35.4 Å². The Kier molecular flexibility index (Phi) is 2.41. The summed E-state index contributed by atoms with van der Waals surface area (Å²) in [4.78, 5) is 11.3. The Labute approximate surface area is 93.3 Å². The molecule has 0 saturated heterocycles. The zero-order chi connectivity index (χ0) is 11.8. The highest BCUT2D eigenvalue weighted by Gasteiger charge is 2.50. The molecule has 3 N–H and O–H groups in total. The smallest absolute Gasteiger partial charge is 0.314 e. The lowest BCUT2D eigenvalue weighted by molar-refractivity contribution is -0.148. The predicted molar refractivity (Wildman–Crippen MR) is 57.7 cm³/mol. The number of nitriles is 1. The summed E-state index contributed by atoms with van der Waals surface area (Å²) >= 11 is 0. The van der Waals surface area contributed by atoms with Crippen LogP contribution in [-0.4, -0.2) is 17.1 Å². The normalized spacial score (nSPS) is 27.9. The van der Waals surface area contributed by atoms with Crippen molar-refractivity contribution in [2.24, 2.45) is 5.73 Å². The van der Waals surface area contributed by atoms with Crippen LogP contribution in [0.4, 0.5) is 0 Å². The summed E-state index contributed by atoms with van der Waals surface area (Å²) in [7, 11) is 0. The number of nitrogens with zero attached hydrogens (tertiary/aromatic N) is 1. The summed E-state index contributed by atoms with van der Waals surface area (Å²) in [5.41, 5.74) is 6.10. The number of rotatable bonds is 2. The lowest BCUT2D eigenvalue weighted by Gasteiger charge is -2.43. The molecule has 16 heavy (non-hydrogen) atoms. The Bertz CT molecular complexity index is 453. The van der Waals surface area contributed by atoms with Crippen molar-refractivity contribution in [3.8, 4) is 6.07 Å². The highest BCUT2D eigenvalue weighted by atomic mass is 16.4. The molecule has 1 aliphatic rings. The van der Waals surface area contributed by atoms with Crippen molar-refractivity contribution in [3.63, 3.8) is 0 Å². The van der Waals surface area contributed by atoms with Gasteiger partial charge in [0.1, 0.15) is 0 Å². The zero-order valence-electron chi connectivity index (χ0n) is 8.68. The Morgan fingerprint density at radius 2 is 2.00 bits per heavy atom. The lowest BCUT2D eigenvalue weighted by Crippen LogP contribution is -2.54. The second kappa shape index (κ2) is 3.62. The molecule has 4 nitrogen and oxygen atoms in total. The topological polar surface area (TPSA) is 87.1 Å². The van der Waals surface area contributed by atoms with Gasteiger partial charge in [-0.2, -0.15) is 5.26 Å². The molecule has 0 amide bonds. The maximum Gasteiger partial charge on any atom is 0.314 e. The van der Waals surface area contributed by atoms with Crippen molar-refractivity contribution in [2.75, 3.05) is 0 Å². The van der Waals surface area contributed by atoms with Crippen LogP contribution in [0, 0.1) is 11.3 Å². The first-order valence-electron chi connectivity index (χ1n) is 5.08. The van der Waals surface area contributed by atoms with Gasteiger partial charge in [-0.15, -0.1) is 0 Å². The molecule has 82 valence electrons. The minimum absolute atomic E-state index is 0.0354. The average Bonchev–Trinajstić information content (AvgIpc) is 2.24. The Morgan fingerprint density at radius 3 is 2.38 bits per heavy atom. The minimum Gasteiger partial charge on any atom is -0.481 e. The molecular weight excluding hydrogens is 204 g/mol. The molecular formula is C12H12N2O2. The summed E-state index contributed by atoms with van der Waals surface area (Å²) in [6.07, 6.45) is 0.933. The van der Waals surface area contributed by atoms with Gasteiger partial charge < -0.3 is 10.8 Å². The molecule has 0 spiro atoms. The van der Waals surface area contributed by atoms with Gasteiger partial charge in [0, 0.05) is 6.04 Å². The SMILES string of the molecule is N#Cc1ccc(C2(C(=O)O)CC(N)C2)cc1. The van der Waals surface area contributed by atoms with Crippen LogP contribution in [0.25, 0.3) is 0 Å². The summed E-state index contributed by atoms with van der Waals surface area (Å²) < 4.78 is 0. The van der Waals surface area contributed by atoms with E-state index in [9.17, 15) is 9.90 Å². The van der Waals surface area contributed by atoms with Crippen molar-refractivity contribution in [1.29, 1.82) is 5.26 Å². The van der Waals surface area contributed by atoms with E-state index in [2.05, 4.69) is 0 Å². The van der Waals surface area contributed by atoms with Crippen molar-refractivity contribution in [1.82, 2.24) is 0 Å². The standard InChI is InChI=1S/C12H12N2O2/c13-7-8-1-3-9(4-2-8)12(11(15)16)5-10(14)6-12/h1-4,10H,5-6,14H2,(H,15,16). The van der Waals surface area contributed by atoms with E-state index >= 15 is 0 Å². The number of carbonyl (C=O) groups is 1. The Balaban J connectivity index is 2.35. The lowest BCUT2D eigenvalue weighted by atomic mass is 9.62. The third-order valence-electron chi connectivity index (χ3n) is 3.20. The highest BCUT2D eigenvalue weighted by Crippen LogP contribution is 2.43. The maximum absolute atomic E-state index is 11.3. The summed E-state index contributed by atoms with van der Waals surface area (Å²) in [6.45, 7) is 0. The van der Waals surface area contributed by atoms with Crippen molar-refractivity contribution in [2.45, 2.75) is 24.3 Å². The number of aliphatic carboxylic acids is 1. The third-order valence-corrected chi connectivity index (χ3v) is 3.20. The molecule has 0 aliphatic heterocycles. The fraction of sp³-hybridized carbons (Fsp3) is 0.333. The van der Waals surface area contributed by atoms with Gasteiger partial charge in [-0.1, -0.05) is 12.1 Å². The fourth-order valence-corrected chi connectivity index (χ4v) is 2.23. The average molecular weight is 216 g/mol. The van der Waals surface area contributed by atoms with E-state index in [0.29, 0.717) is 18.4 Å². The van der Waals surface area contributed by atoms with E-state index in [1.165, 1.54) is 0 Å². The van der Waals surface area contributed by atoms with Gasteiger partial charge in [0.25, 0.3) is 0 Å². The van der Waals surface area contributed by atoms with Crippen LogP contribution in [-0.2, 0) is 10.2 Å². The summed E-state index contributed by atoms with van der Waals surface area (Å²) in [5.74, 6) is -0.834. The van der Waals surface area contributed by atoms with Crippen LogP contribution in [0.5, 0.6) is 0 Å². The van der Waals surface area contributed by atoms with E-state index < -0.39 is 11.4 Å². The number of nitrogens with two attached hydrogens (primary N) is 1. The first-order chi connectivity index (χ1) is 7.58. The minimum atomic E-state index is -0.840. The number of carboxylic acids is 1. The van der Waals surface area contributed by atoms with Gasteiger partial charge in [-0.05, 0) is 30.5 Å². The van der Waals surface area contributed by atoms with Gasteiger partial charge in [-0.25, -0.2) is 0 Å². The number of hydrogen-bond donors (Lipinski definition) is 2. The largest absolute Gasteiger partial charge is 0.481 e. The van der Waals surface area contributed by atoms with Gasteiger partial charge in [0.05, 0.1) is 17.0 Å². The molecule has 0 unspecified atom stereocenters. The Morgan fingerprint density at radius 1 is 1.44 bits per heavy atom. The molecule has 1 fully saturated rings. The quantitative estimate of drug-likeness (QED) is 0.772. The van der Waals surface area contributed by atoms with E-state index in [0.717, 1.165) is 5.56 Å². The van der Waals surface area contributed by atoms with Crippen LogP contribution in [0.2, 0.25) is 0 Å². The second-order valence-electron chi connectivity index (χ2n) is 4.24. The van der Waals surface area contributed by atoms with E-state index in [4.69, 9.17) is 11.0 Å². The van der Waals surface area contributed by atoms with E-state index in [-0.39, 0.29) is 6.04 Å². The molecule has 2 rings (SSSR count). The molecule has 1 aromatic rings. The van der Waals surface area contributed by atoms with E-state index in [1.807, 2.05) is 6.07 Å². The predicted octanol–water partition coefficient (Wildman–Crippen LogP) is 1.00. The molecule has 0 atom stereocenters. The van der Waals surface area contributed by atoms with Gasteiger partial charge in [0.15, 0.2) is 0 Å². The van der Waals surface area contributed by atoms with Crippen LogP contribution in [0.15, 0.2) is 24.3 Å². The van der Waals surface area contributed by atoms with Crippen molar-refractivity contribution < 1.29 is 9.90 Å². The highest BCUT2D eigenvalue weighted by molar-refractivity contribution is 5.83. The molecule has 1 aromatic carbocycles. The van der Waals surface area contributed by atoms with Crippen molar-refractivity contribution >= 4 is 5.97 Å². The summed E-state index contributed by atoms with van der Waals surface area (Å²) in [6, 6.07) is 8.67. The van der Waals surface area contributed by atoms with Crippen LogP contribution >= 0.6 is 0 Å². The van der Waals surface area contributed by atoms with Crippen LogP contribution in [0.3, 0.4) is 0 Å². The van der Waals surface area contributed by atoms with Gasteiger partial charge in [-0.3, -0.25) is 4.79 Å². The molecule has 0 aromatic heterocycles. The molecule has 0 heterocycles. The maximum atomic E-state index is 11.3. The van der Waals surface area contributed by atoms with Gasteiger partial charge in [0.2, 0.25) is 0 Å². The molecule has 0 radical (unpaired) electrons. The number of hydrogen-bond acceptors (Lipinski definition) is 3. The summed E-state index contributed by atoms with van der Waals surface area (Å²) in [5, 5.41) is 17.9. The van der Waals surface area contributed by atoms with Gasteiger partial charge >= 0.3 is 5.97 Å².